The zero-order chi connectivity index (χ0) is 15.2. The molecule has 0 aliphatic carbocycles. The van der Waals surface area contributed by atoms with Gasteiger partial charge in [-0.25, -0.2) is 4.79 Å². The second kappa shape index (κ2) is 13.2. The fourth-order valence-electron chi connectivity index (χ4n) is 2.50. The minimum Gasteiger partial charge on any atom is -0.478 e. The third-order valence-electron chi connectivity index (χ3n) is 4.12. The molecule has 0 aromatic rings. The number of rotatable bonds is 13. The van der Waals surface area contributed by atoms with Crippen LogP contribution in [0.2, 0.25) is 0 Å². The lowest BCUT2D eigenvalue weighted by molar-refractivity contribution is -0.131. The van der Waals surface area contributed by atoms with Crippen molar-refractivity contribution in [2.75, 3.05) is 0 Å². The third-order valence-corrected chi connectivity index (χ3v) is 4.12. The van der Waals surface area contributed by atoms with Crippen LogP contribution in [0, 0.1) is 5.92 Å². The highest BCUT2D eigenvalue weighted by molar-refractivity contribution is 5.80. The Morgan fingerprint density at radius 3 is 1.85 bits per heavy atom. The van der Waals surface area contributed by atoms with Gasteiger partial charge in [0.2, 0.25) is 0 Å². The lowest BCUT2D eigenvalue weighted by Crippen LogP contribution is -2.00. The molecule has 0 bridgehead atoms. The van der Waals surface area contributed by atoms with E-state index >= 15 is 0 Å². The molecule has 0 amide bonds. The molecule has 1 atom stereocenters. The predicted molar refractivity (Wildman–Crippen MR) is 87.0 cm³/mol. The van der Waals surface area contributed by atoms with Crippen LogP contribution in [-0.2, 0) is 4.79 Å². The van der Waals surface area contributed by atoms with Gasteiger partial charge in [-0.05, 0) is 19.3 Å². The zero-order valence-corrected chi connectivity index (χ0v) is 13.8. The highest BCUT2D eigenvalue weighted by Crippen LogP contribution is 2.18. The molecule has 0 aromatic carbocycles. The molecule has 0 aliphatic rings. The van der Waals surface area contributed by atoms with Crippen molar-refractivity contribution in [2.45, 2.75) is 91.4 Å². The summed E-state index contributed by atoms with van der Waals surface area (Å²) in [4.78, 5) is 10.6. The summed E-state index contributed by atoms with van der Waals surface area (Å²) in [6, 6.07) is 0. The van der Waals surface area contributed by atoms with Gasteiger partial charge < -0.3 is 5.11 Å². The molecule has 2 nitrogen and oxygen atoms in total. The molecular weight excluding hydrogens is 248 g/mol. The highest BCUT2D eigenvalue weighted by atomic mass is 16.4. The van der Waals surface area contributed by atoms with Gasteiger partial charge in [-0.1, -0.05) is 83.6 Å². The first-order valence-corrected chi connectivity index (χ1v) is 8.49. The van der Waals surface area contributed by atoms with Gasteiger partial charge in [0, 0.05) is 6.08 Å². The van der Waals surface area contributed by atoms with Crippen molar-refractivity contribution in [2.24, 2.45) is 5.92 Å². The maximum atomic E-state index is 10.6. The molecule has 0 aliphatic heterocycles. The molecule has 0 aromatic heterocycles. The van der Waals surface area contributed by atoms with E-state index in [0.29, 0.717) is 5.92 Å². The number of hydrogen-bond donors (Lipinski definition) is 1. The molecule has 118 valence electrons. The molecule has 0 rings (SSSR count). The minimum atomic E-state index is -0.822. The lowest BCUT2D eigenvalue weighted by Gasteiger charge is -2.11. The van der Waals surface area contributed by atoms with Gasteiger partial charge in [0.25, 0.3) is 0 Å². The van der Waals surface area contributed by atoms with Gasteiger partial charge in [0.1, 0.15) is 0 Å². The summed E-state index contributed by atoms with van der Waals surface area (Å²) in [6.07, 6.45) is 16.0. The molecule has 1 N–H and O–H groups in total. The average Bonchev–Trinajstić information content (AvgIpc) is 2.39. The maximum absolute atomic E-state index is 10.6. The first-order chi connectivity index (χ1) is 9.57. The summed E-state index contributed by atoms with van der Waals surface area (Å²) >= 11 is 0. The first kappa shape index (κ1) is 19.2. The van der Waals surface area contributed by atoms with Crippen molar-refractivity contribution < 1.29 is 9.90 Å². The molecule has 0 saturated carbocycles. The summed E-state index contributed by atoms with van der Waals surface area (Å²) in [6.45, 7) is 6.31. The van der Waals surface area contributed by atoms with Gasteiger partial charge in [0.05, 0.1) is 0 Å². The summed E-state index contributed by atoms with van der Waals surface area (Å²) in [5.41, 5.74) is 0.994. The number of carbonyl (C=O) groups is 1. The van der Waals surface area contributed by atoms with E-state index < -0.39 is 5.97 Å². The number of carboxylic acids is 1. The van der Waals surface area contributed by atoms with Gasteiger partial charge in [-0.15, -0.1) is 0 Å². The van der Waals surface area contributed by atoms with Crippen molar-refractivity contribution in [3.05, 3.63) is 11.6 Å². The highest BCUT2D eigenvalue weighted by Gasteiger charge is 2.05. The van der Waals surface area contributed by atoms with Crippen LogP contribution in [-0.4, -0.2) is 11.1 Å². The van der Waals surface area contributed by atoms with E-state index in [0.717, 1.165) is 12.0 Å². The Balaban J connectivity index is 3.37. The van der Waals surface area contributed by atoms with Crippen LogP contribution in [0.25, 0.3) is 0 Å². The van der Waals surface area contributed by atoms with E-state index in [1.807, 2.05) is 6.92 Å². The van der Waals surface area contributed by atoms with E-state index in [1.165, 1.54) is 70.3 Å². The SMILES string of the molecule is CCCCCCCCCCCCC(C)C(C)=CC(=O)O. The summed E-state index contributed by atoms with van der Waals surface area (Å²) in [7, 11) is 0. The summed E-state index contributed by atoms with van der Waals surface area (Å²) in [5.74, 6) is -0.419. The number of allylic oxidation sites excluding steroid dienone is 1. The second-order valence-corrected chi connectivity index (χ2v) is 6.10. The van der Waals surface area contributed by atoms with Crippen LogP contribution in [0.1, 0.15) is 91.4 Å². The van der Waals surface area contributed by atoms with Crippen molar-refractivity contribution in [1.29, 1.82) is 0 Å². The molecule has 20 heavy (non-hydrogen) atoms. The van der Waals surface area contributed by atoms with Crippen LogP contribution in [0.4, 0.5) is 0 Å². The molecule has 0 saturated heterocycles. The Hall–Kier alpha value is -0.790. The number of unbranched alkanes of at least 4 members (excludes halogenated alkanes) is 9. The van der Waals surface area contributed by atoms with E-state index in [4.69, 9.17) is 5.11 Å². The molecule has 0 fully saturated rings. The van der Waals surface area contributed by atoms with Crippen LogP contribution in [0.5, 0.6) is 0 Å². The number of aliphatic carboxylic acids is 1. The molecule has 0 radical (unpaired) electrons. The minimum absolute atomic E-state index is 0.403. The smallest absolute Gasteiger partial charge is 0.328 e. The average molecular weight is 282 g/mol. The Labute approximate surface area is 125 Å². The predicted octanol–water partition coefficient (Wildman–Crippen LogP) is 5.96. The molecule has 0 spiro atoms. The second-order valence-electron chi connectivity index (χ2n) is 6.10. The van der Waals surface area contributed by atoms with Gasteiger partial charge in [0.15, 0.2) is 0 Å². The number of carboxylic acid groups (broad SMARTS) is 1. The topological polar surface area (TPSA) is 37.3 Å². The Morgan fingerprint density at radius 1 is 0.950 bits per heavy atom. The number of hydrogen-bond acceptors (Lipinski definition) is 1. The van der Waals surface area contributed by atoms with Crippen molar-refractivity contribution in [3.63, 3.8) is 0 Å². The van der Waals surface area contributed by atoms with Gasteiger partial charge >= 0.3 is 5.97 Å². The summed E-state index contributed by atoms with van der Waals surface area (Å²) in [5, 5.41) is 8.70. The van der Waals surface area contributed by atoms with Crippen LogP contribution in [0.3, 0.4) is 0 Å². The fourth-order valence-corrected chi connectivity index (χ4v) is 2.50. The van der Waals surface area contributed by atoms with Crippen molar-refractivity contribution in [3.8, 4) is 0 Å². The van der Waals surface area contributed by atoms with E-state index in [9.17, 15) is 4.79 Å². The monoisotopic (exact) mass is 282 g/mol. The van der Waals surface area contributed by atoms with Gasteiger partial charge in [-0.3, -0.25) is 0 Å². The van der Waals surface area contributed by atoms with Crippen LogP contribution in [0.15, 0.2) is 11.6 Å². The normalized spacial score (nSPS) is 13.4. The van der Waals surface area contributed by atoms with Crippen LogP contribution >= 0.6 is 0 Å². The fraction of sp³-hybridized carbons (Fsp3) is 0.833. The molecule has 1 unspecified atom stereocenters. The van der Waals surface area contributed by atoms with Crippen molar-refractivity contribution in [1.82, 2.24) is 0 Å². The lowest BCUT2D eigenvalue weighted by atomic mass is 9.95. The Bertz CT molecular complexity index is 269. The third kappa shape index (κ3) is 12.3. The van der Waals surface area contributed by atoms with Gasteiger partial charge in [-0.2, -0.15) is 0 Å². The Morgan fingerprint density at radius 2 is 1.40 bits per heavy atom. The molecule has 0 heterocycles. The molecular formula is C18H34O2. The largest absolute Gasteiger partial charge is 0.478 e. The first-order valence-electron chi connectivity index (χ1n) is 8.49. The molecule has 2 heteroatoms. The van der Waals surface area contributed by atoms with E-state index in [1.54, 1.807) is 0 Å². The quantitative estimate of drug-likeness (QED) is 0.334. The van der Waals surface area contributed by atoms with Crippen molar-refractivity contribution >= 4 is 5.97 Å². The Kier molecular flexibility index (Phi) is 12.7. The maximum Gasteiger partial charge on any atom is 0.328 e. The standard InChI is InChI=1S/C18H34O2/c1-4-5-6-7-8-9-10-11-12-13-14-16(2)17(3)15-18(19)20/h15-16H,4-14H2,1-3H3,(H,19,20). The van der Waals surface area contributed by atoms with E-state index in [2.05, 4.69) is 13.8 Å². The van der Waals surface area contributed by atoms with E-state index in [-0.39, 0.29) is 0 Å². The summed E-state index contributed by atoms with van der Waals surface area (Å²) < 4.78 is 0. The zero-order valence-electron chi connectivity index (χ0n) is 13.8. The van der Waals surface area contributed by atoms with Crippen LogP contribution < -0.4 is 0 Å².